The van der Waals surface area contributed by atoms with E-state index < -0.39 is 18.1 Å². The number of hydrogen-bond acceptors (Lipinski definition) is 7. The maximum atomic E-state index is 13.8. The molecule has 0 saturated carbocycles. The molecule has 3 heterocycles. The molecule has 0 bridgehead atoms. The molecule has 1 unspecified atom stereocenters. The third-order valence-corrected chi connectivity index (χ3v) is 8.30. The Bertz CT molecular complexity index is 1290. The van der Waals surface area contributed by atoms with E-state index in [1.54, 1.807) is 6.20 Å². The van der Waals surface area contributed by atoms with Crippen LogP contribution in [0.1, 0.15) is 22.9 Å². The van der Waals surface area contributed by atoms with Gasteiger partial charge < -0.3 is 10.1 Å². The van der Waals surface area contributed by atoms with Gasteiger partial charge in [-0.3, -0.25) is 19.5 Å². The molecule has 5 rings (SSSR count). The second-order valence-electron chi connectivity index (χ2n) is 8.23. The summed E-state index contributed by atoms with van der Waals surface area (Å²) in [7, 11) is 0. The Hall–Kier alpha value is -3.82. The first-order valence-corrected chi connectivity index (χ1v) is 13.5. The number of esters is 1. The van der Waals surface area contributed by atoms with Crippen LogP contribution < -0.4 is 5.32 Å². The fourth-order valence-corrected chi connectivity index (χ4v) is 6.52. The quantitative estimate of drug-likeness (QED) is 0.250. The first kappa shape index (κ1) is 24.9. The molecule has 0 spiro atoms. The SMILES string of the molecule is O=CNC1C(=O)N2C(C(=O)OC(c3ccccc3)c3ccccc3)=C(S/C=C/c3ccccn3)CS[C@H]12. The van der Waals surface area contributed by atoms with Gasteiger partial charge >= 0.3 is 5.97 Å². The van der Waals surface area contributed by atoms with Crippen LogP contribution in [0.2, 0.25) is 0 Å². The summed E-state index contributed by atoms with van der Waals surface area (Å²) < 4.78 is 6.11. The minimum atomic E-state index is -0.667. The summed E-state index contributed by atoms with van der Waals surface area (Å²) in [5, 5.41) is 4.05. The van der Waals surface area contributed by atoms with Crippen molar-refractivity contribution in [3.8, 4) is 0 Å². The first-order chi connectivity index (χ1) is 18.2. The van der Waals surface area contributed by atoms with Crippen molar-refractivity contribution in [2.75, 3.05) is 5.75 Å². The minimum Gasteiger partial charge on any atom is -0.448 e. The van der Waals surface area contributed by atoms with Crippen molar-refractivity contribution in [1.29, 1.82) is 0 Å². The molecule has 9 heteroatoms. The molecule has 1 aromatic heterocycles. The number of ether oxygens (including phenoxy) is 1. The van der Waals surface area contributed by atoms with E-state index in [0.29, 0.717) is 17.1 Å². The minimum absolute atomic E-state index is 0.213. The highest BCUT2D eigenvalue weighted by atomic mass is 32.2. The standard InChI is InChI=1S/C28H23N3O4S2/c32-18-30-23-26(33)31-24(22(17-37-27(23)31)36-16-14-21-13-7-8-15-29-21)28(34)35-25(19-9-3-1-4-10-19)20-11-5-2-6-12-20/h1-16,18,23,25,27H,17H2,(H,30,32)/b16-14+/t23?,27-/m1/s1. The number of rotatable bonds is 9. The van der Waals surface area contributed by atoms with Crippen LogP contribution >= 0.6 is 23.5 Å². The molecule has 2 aliphatic rings. The average Bonchev–Trinajstić information content (AvgIpc) is 2.95. The summed E-state index contributed by atoms with van der Waals surface area (Å²) in [5.41, 5.74) is 2.64. The fraction of sp³-hybridized carbons (Fsp3) is 0.143. The fourth-order valence-electron chi connectivity index (χ4n) is 4.17. The highest BCUT2D eigenvalue weighted by molar-refractivity contribution is 8.08. The van der Waals surface area contributed by atoms with E-state index in [-0.39, 0.29) is 17.0 Å². The zero-order valence-corrected chi connectivity index (χ0v) is 21.2. The number of carbonyl (C=O) groups excluding carboxylic acids is 3. The van der Waals surface area contributed by atoms with Crippen LogP contribution in [0.25, 0.3) is 6.08 Å². The van der Waals surface area contributed by atoms with Gasteiger partial charge in [0.2, 0.25) is 6.41 Å². The molecule has 1 saturated heterocycles. The number of thioether (sulfide) groups is 2. The number of amides is 2. The monoisotopic (exact) mass is 529 g/mol. The normalized spacial score (nSPS) is 18.9. The molecule has 2 aromatic carbocycles. The number of nitrogens with zero attached hydrogens (tertiary/aromatic N) is 2. The second kappa shape index (κ2) is 11.5. The Balaban J connectivity index is 1.47. The zero-order valence-electron chi connectivity index (χ0n) is 19.6. The van der Waals surface area contributed by atoms with Crippen molar-refractivity contribution in [1.82, 2.24) is 15.2 Å². The molecule has 3 aromatic rings. The summed E-state index contributed by atoms with van der Waals surface area (Å²) in [6.07, 6.45) is 3.43. The van der Waals surface area contributed by atoms with E-state index in [0.717, 1.165) is 16.8 Å². The van der Waals surface area contributed by atoms with Gasteiger partial charge in [0.05, 0.1) is 5.69 Å². The van der Waals surface area contributed by atoms with Crippen LogP contribution in [-0.4, -0.2) is 45.3 Å². The van der Waals surface area contributed by atoms with E-state index >= 15 is 0 Å². The Morgan fingerprint density at radius 1 is 1.05 bits per heavy atom. The van der Waals surface area contributed by atoms with Gasteiger partial charge in [0.1, 0.15) is 17.1 Å². The van der Waals surface area contributed by atoms with Crippen molar-refractivity contribution in [2.45, 2.75) is 17.5 Å². The van der Waals surface area contributed by atoms with Gasteiger partial charge in [0.25, 0.3) is 5.91 Å². The molecule has 0 radical (unpaired) electrons. The predicted octanol–water partition coefficient (Wildman–Crippen LogP) is 4.36. The Kier molecular flexibility index (Phi) is 7.72. The molecule has 1 fully saturated rings. The van der Waals surface area contributed by atoms with Crippen molar-refractivity contribution >= 4 is 47.9 Å². The van der Waals surface area contributed by atoms with Gasteiger partial charge in [-0.2, -0.15) is 0 Å². The third kappa shape index (κ3) is 5.33. The number of β-lactam (4-membered cyclic amide) rings is 1. The lowest BCUT2D eigenvalue weighted by atomic mass is 10.0. The van der Waals surface area contributed by atoms with Crippen LogP contribution in [-0.2, 0) is 19.1 Å². The Labute approximate surface area is 223 Å². The lowest BCUT2D eigenvalue weighted by Gasteiger charge is -2.49. The number of pyridine rings is 1. The van der Waals surface area contributed by atoms with Crippen LogP contribution in [0.5, 0.6) is 0 Å². The lowest BCUT2D eigenvalue weighted by molar-refractivity contribution is -0.154. The Morgan fingerprint density at radius 3 is 2.35 bits per heavy atom. The summed E-state index contributed by atoms with van der Waals surface area (Å²) >= 11 is 2.86. The number of carbonyl (C=O) groups is 3. The number of hydrogen-bond donors (Lipinski definition) is 1. The third-order valence-electron chi connectivity index (χ3n) is 5.94. The summed E-state index contributed by atoms with van der Waals surface area (Å²) in [4.78, 5) is 44.2. The van der Waals surface area contributed by atoms with E-state index in [1.165, 1.54) is 28.4 Å². The van der Waals surface area contributed by atoms with Crippen LogP contribution in [0, 0.1) is 0 Å². The highest BCUT2D eigenvalue weighted by Crippen LogP contribution is 2.44. The van der Waals surface area contributed by atoms with E-state index in [2.05, 4.69) is 10.3 Å². The summed E-state index contributed by atoms with van der Waals surface area (Å²) in [6, 6.07) is 24.0. The van der Waals surface area contributed by atoms with Crippen LogP contribution in [0.4, 0.5) is 0 Å². The highest BCUT2D eigenvalue weighted by Gasteiger charge is 2.54. The first-order valence-electron chi connectivity index (χ1n) is 11.6. The predicted molar refractivity (Wildman–Crippen MR) is 145 cm³/mol. The van der Waals surface area contributed by atoms with Gasteiger partial charge in [-0.15, -0.1) is 11.8 Å². The van der Waals surface area contributed by atoms with Gasteiger partial charge in [0, 0.05) is 16.9 Å². The number of aromatic nitrogens is 1. The maximum Gasteiger partial charge on any atom is 0.356 e. The average molecular weight is 530 g/mol. The van der Waals surface area contributed by atoms with Crippen LogP contribution in [0.15, 0.2) is 101 Å². The van der Waals surface area contributed by atoms with Crippen LogP contribution in [0.3, 0.4) is 0 Å². The van der Waals surface area contributed by atoms with E-state index in [1.807, 2.05) is 90.3 Å². The molecule has 7 nitrogen and oxygen atoms in total. The molecule has 2 aliphatic heterocycles. The van der Waals surface area contributed by atoms with Crippen molar-refractivity contribution in [2.24, 2.45) is 0 Å². The molecule has 2 atom stereocenters. The molecular formula is C28H23N3O4S2. The maximum absolute atomic E-state index is 13.8. The molecule has 2 amide bonds. The molecule has 186 valence electrons. The lowest BCUT2D eigenvalue weighted by Crippen LogP contribution is -2.69. The van der Waals surface area contributed by atoms with Crippen molar-refractivity contribution in [3.63, 3.8) is 0 Å². The molecule has 1 N–H and O–H groups in total. The van der Waals surface area contributed by atoms with Gasteiger partial charge in [-0.05, 0) is 34.7 Å². The molecule has 0 aliphatic carbocycles. The van der Waals surface area contributed by atoms with Crippen molar-refractivity contribution in [3.05, 3.63) is 118 Å². The molecular weight excluding hydrogens is 506 g/mol. The van der Waals surface area contributed by atoms with Crippen molar-refractivity contribution < 1.29 is 19.1 Å². The van der Waals surface area contributed by atoms with Gasteiger partial charge in [0.15, 0.2) is 6.10 Å². The van der Waals surface area contributed by atoms with Gasteiger partial charge in [-0.1, -0.05) is 78.5 Å². The zero-order chi connectivity index (χ0) is 25.6. The number of nitrogens with one attached hydrogen (secondary N) is 1. The van der Waals surface area contributed by atoms with E-state index in [9.17, 15) is 14.4 Å². The summed E-state index contributed by atoms with van der Waals surface area (Å²) in [5.74, 6) is -0.428. The van der Waals surface area contributed by atoms with Gasteiger partial charge in [-0.25, -0.2) is 4.79 Å². The van der Waals surface area contributed by atoms with E-state index in [4.69, 9.17) is 4.74 Å². The smallest absolute Gasteiger partial charge is 0.356 e. The number of benzene rings is 2. The largest absolute Gasteiger partial charge is 0.448 e. The number of fused-ring (bicyclic) bond motifs is 1. The topological polar surface area (TPSA) is 88.6 Å². The summed E-state index contributed by atoms with van der Waals surface area (Å²) in [6.45, 7) is 0. The second-order valence-corrected chi connectivity index (χ2v) is 10.3. The Morgan fingerprint density at radius 2 is 1.73 bits per heavy atom. The molecule has 37 heavy (non-hydrogen) atoms.